The van der Waals surface area contributed by atoms with E-state index in [0.717, 1.165) is 29.8 Å². The average Bonchev–Trinajstić information content (AvgIpc) is 2.33. The van der Waals surface area contributed by atoms with Gasteiger partial charge in [-0.3, -0.25) is 0 Å². The Balaban J connectivity index is 2.20. The molecule has 0 saturated heterocycles. The summed E-state index contributed by atoms with van der Waals surface area (Å²) in [7, 11) is 0. The van der Waals surface area contributed by atoms with E-state index in [4.69, 9.17) is 0 Å². The first-order chi connectivity index (χ1) is 8.12. The zero-order chi connectivity index (χ0) is 12.3. The van der Waals surface area contributed by atoms with Gasteiger partial charge < -0.3 is 5.32 Å². The van der Waals surface area contributed by atoms with Crippen LogP contribution in [0.2, 0.25) is 0 Å². The summed E-state index contributed by atoms with van der Waals surface area (Å²) in [6.07, 6.45) is 3.87. The lowest BCUT2D eigenvalue weighted by Crippen LogP contribution is -2.20. The van der Waals surface area contributed by atoms with Crippen LogP contribution in [0.3, 0.4) is 0 Å². The van der Waals surface area contributed by atoms with Gasteiger partial charge in [0.2, 0.25) is 0 Å². The number of rotatable bonds is 2. The van der Waals surface area contributed by atoms with Gasteiger partial charge in [0, 0.05) is 22.4 Å². The Morgan fingerprint density at radius 2 is 1.94 bits per heavy atom. The quantitative estimate of drug-likeness (QED) is 0.783. The number of hydrogen-bond acceptors (Lipinski definition) is 2. The summed E-state index contributed by atoms with van der Waals surface area (Å²) < 4.78 is 0. The Morgan fingerprint density at radius 1 is 1.24 bits per heavy atom. The Kier molecular flexibility index (Phi) is 3.16. The van der Waals surface area contributed by atoms with Crippen LogP contribution in [0.1, 0.15) is 26.7 Å². The molecule has 0 atom stereocenters. The van der Waals surface area contributed by atoms with Gasteiger partial charge in [0.05, 0.1) is 0 Å². The highest BCUT2D eigenvalue weighted by Gasteiger charge is 2.27. The summed E-state index contributed by atoms with van der Waals surface area (Å²) in [5.74, 6) is 2.06. The highest BCUT2D eigenvalue weighted by Crippen LogP contribution is 2.37. The van der Waals surface area contributed by atoms with E-state index < -0.39 is 0 Å². The highest BCUT2D eigenvalue weighted by molar-refractivity contribution is 5.62. The van der Waals surface area contributed by atoms with Crippen molar-refractivity contribution >= 4 is 11.6 Å². The molecular weight excluding hydrogens is 210 g/mol. The molecule has 2 nitrogen and oxygen atoms in total. The maximum Gasteiger partial charge on any atom is 0.128 e. The summed E-state index contributed by atoms with van der Waals surface area (Å²) >= 11 is 0. The first-order valence-corrected chi connectivity index (χ1v) is 5.90. The van der Waals surface area contributed by atoms with Crippen LogP contribution < -0.4 is 5.32 Å². The number of anilines is 1. The molecule has 0 fully saturated rings. The molecule has 1 aromatic carbocycles. The van der Waals surface area contributed by atoms with Crippen molar-refractivity contribution in [1.82, 2.24) is 0 Å². The number of hydrogen-bond donors (Lipinski definition) is 1. The van der Waals surface area contributed by atoms with Gasteiger partial charge in [0.1, 0.15) is 5.94 Å². The van der Waals surface area contributed by atoms with E-state index in [1.54, 1.807) is 0 Å². The van der Waals surface area contributed by atoms with Crippen molar-refractivity contribution in [3.8, 4) is 0 Å². The lowest BCUT2D eigenvalue weighted by molar-refractivity contribution is 0.405. The Morgan fingerprint density at radius 3 is 2.59 bits per heavy atom. The second kappa shape index (κ2) is 4.60. The zero-order valence-corrected chi connectivity index (χ0v) is 10.3. The summed E-state index contributed by atoms with van der Waals surface area (Å²) in [6, 6.07) is 10.0. The van der Waals surface area contributed by atoms with Crippen molar-refractivity contribution in [3.63, 3.8) is 0 Å². The van der Waals surface area contributed by atoms with Gasteiger partial charge in [-0.15, -0.1) is 0 Å². The average molecular weight is 227 g/mol. The lowest BCUT2D eigenvalue weighted by atomic mass is 9.76. The molecule has 1 aromatic rings. The number of benzene rings is 1. The van der Waals surface area contributed by atoms with Gasteiger partial charge >= 0.3 is 0 Å². The van der Waals surface area contributed by atoms with Crippen molar-refractivity contribution in [2.24, 2.45) is 5.41 Å². The topological polar surface area (TPSA) is 29.1 Å². The fourth-order valence-electron chi connectivity index (χ4n) is 2.00. The van der Waals surface area contributed by atoms with Crippen LogP contribution in [0.25, 0.3) is 0 Å². The molecule has 88 valence electrons. The van der Waals surface area contributed by atoms with Gasteiger partial charge in [-0.1, -0.05) is 32.0 Å². The van der Waals surface area contributed by atoms with E-state index in [9.17, 15) is 4.79 Å². The smallest absolute Gasteiger partial charge is 0.128 e. The molecule has 1 N–H and O–H groups in total. The van der Waals surface area contributed by atoms with Crippen LogP contribution in [0.15, 0.2) is 47.7 Å². The maximum atomic E-state index is 10.9. The van der Waals surface area contributed by atoms with Crippen molar-refractivity contribution in [1.29, 1.82) is 0 Å². The molecular formula is C15H17NO. The second-order valence-electron chi connectivity index (χ2n) is 5.06. The largest absolute Gasteiger partial charge is 0.359 e. The van der Waals surface area contributed by atoms with E-state index in [1.165, 1.54) is 0 Å². The van der Waals surface area contributed by atoms with Crippen LogP contribution in [0, 0.1) is 5.41 Å². The number of nitrogens with one attached hydrogen (secondary N) is 1. The summed E-state index contributed by atoms with van der Waals surface area (Å²) in [6.45, 7) is 4.17. The fourth-order valence-corrected chi connectivity index (χ4v) is 2.00. The molecule has 0 unspecified atom stereocenters. The third-order valence-electron chi connectivity index (χ3n) is 3.26. The first kappa shape index (κ1) is 11.7. The third-order valence-corrected chi connectivity index (χ3v) is 3.26. The van der Waals surface area contributed by atoms with Crippen LogP contribution in [0.4, 0.5) is 5.69 Å². The van der Waals surface area contributed by atoms with Crippen LogP contribution in [0.5, 0.6) is 0 Å². The molecule has 0 amide bonds. The van der Waals surface area contributed by atoms with Gasteiger partial charge in [-0.25, -0.2) is 4.79 Å². The number of carbonyl (C=O) groups excluding carboxylic acids is 1. The zero-order valence-electron chi connectivity index (χ0n) is 10.3. The number of allylic oxidation sites excluding steroid dienone is 3. The Labute approximate surface area is 102 Å². The molecule has 0 spiro atoms. The van der Waals surface area contributed by atoms with E-state index in [2.05, 4.69) is 25.1 Å². The van der Waals surface area contributed by atoms with Gasteiger partial charge in [-0.05, 0) is 31.1 Å². The predicted molar refractivity (Wildman–Crippen MR) is 70.4 cm³/mol. The molecule has 0 radical (unpaired) electrons. The molecule has 17 heavy (non-hydrogen) atoms. The Bertz CT molecular complexity index is 479. The molecule has 2 heteroatoms. The molecule has 0 aliphatic heterocycles. The minimum absolute atomic E-state index is 0.0520. The predicted octanol–water partition coefficient (Wildman–Crippen LogP) is 3.56. The molecule has 1 aliphatic carbocycles. The van der Waals surface area contributed by atoms with E-state index in [1.807, 2.05) is 36.4 Å². The molecule has 0 bridgehead atoms. The van der Waals surface area contributed by atoms with E-state index in [0.29, 0.717) is 0 Å². The molecule has 2 rings (SSSR count). The van der Waals surface area contributed by atoms with Crippen LogP contribution in [-0.4, -0.2) is 5.94 Å². The standard InChI is InChI=1S/C15H17NO/c1-15(2)9-8-14(10-12(15)11-17)16-13-6-4-3-5-7-13/h3-7,10,16H,8-9H2,1-2H3. The molecule has 0 heterocycles. The van der Waals surface area contributed by atoms with E-state index >= 15 is 0 Å². The second-order valence-corrected chi connectivity index (χ2v) is 5.06. The molecule has 0 aromatic heterocycles. The molecule has 1 aliphatic rings. The van der Waals surface area contributed by atoms with Crippen molar-refractivity contribution in [2.75, 3.05) is 5.32 Å². The minimum Gasteiger partial charge on any atom is -0.359 e. The van der Waals surface area contributed by atoms with E-state index in [-0.39, 0.29) is 5.41 Å². The third kappa shape index (κ3) is 2.66. The SMILES string of the molecule is CC1(C)CCC(Nc2ccccc2)=CC1=C=O. The lowest BCUT2D eigenvalue weighted by Gasteiger charge is -2.29. The van der Waals surface area contributed by atoms with Crippen molar-refractivity contribution in [3.05, 3.63) is 47.7 Å². The van der Waals surface area contributed by atoms with Crippen LogP contribution in [-0.2, 0) is 4.79 Å². The number of para-hydroxylation sites is 1. The summed E-state index contributed by atoms with van der Waals surface area (Å²) in [5.41, 5.74) is 2.85. The Hall–Kier alpha value is -1.79. The van der Waals surface area contributed by atoms with Crippen molar-refractivity contribution in [2.45, 2.75) is 26.7 Å². The normalized spacial score (nSPS) is 18.2. The van der Waals surface area contributed by atoms with Gasteiger partial charge in [0.15, 0.2) is 0 Å². The van der Waals surface area contributed by atoms with Crippen molar-refractivity contribution < 1.29 is 4.79 Å². The summed E-state index contributed by atoms with van der Waals surface area (Å²) in [4.78, 5) is 10.9. The van der Waals surface area contributed by atoms with Gasteiger partial charge in [0.25, 0.3) is 0 Å². The van der Waals surface area contributed by atoms with Crippen LogP contribution >= 0.6 is 0 Å². The first-order valence-electron chi connectivity index (χ1n) is 5.90. The summed E-state index contributed by atoms with van der Waals surface area (Å²) in [5, 5.41) is 3.34. The maximum absolute atomic E-state index is 10.9. The molecule has 0 saturated carbocycles. The fraction of sp³-hybridized carbons (Fsp3) is 0.333. The van der Waals surface area contributed by atoms with Gasteiger partial charge in [-0.2, -0.15) is 0 Å². The minimum atomic E-state index is -0.0520. The highest BCUT2D eigenvalue weighted by atomic mass is 16.1. The monoisotopic (exact) mass is 227 g/mol.